The Hall–Kier alpha value is -0.610. The molecule has 0 bridgehead atoms. The molecule has 0 spiro atoms. The number of likely N-dealkylation sites (tertiary alicyclic amines) is 1. The van der Waals surface area contributed by atoms with E-state index in [-0.39, 0.29) is 12.5 Å². The third-order valence-electron chi connectivity index (χ3n) is 5.10. The van der Waals surface area contributed by atoms with Crippen molar-refractivity contribution in [2.24, 2.45) is 5.92 Å². The van der Waals surface area contributed by atoms with E-state index in [1.54, 1.807) is 0 Å². The maximum absolute atomic E-state index is 11.9. The van der Waals surface area contributed by atoms with Crippen molar-refractivity contribution in [3.05, 3.63) is 0 Å². The van der Waals surface area contributed by atoms with Gasteiger partial charge in [-0.15, -0.1) is 0 Å². The second kappa shape index (κ2) is 9.42. The van der Waals surface area contributed by atoms with Gasteiger partial charge in [0.2, 0.25) is 5.91 Å². The van der Waals surface area contributed by atoms with Crippen molar-refractivity contribution in [1.29, 1.82) is 0 Å². The molecule has 4 nitrogen and oxygen atoms in total. The maximum Gasteiger partial charge on any atom is 0.220 e. The molecule has 1 saturated carbocycles. The molecule has 0 radical (unpaired) electrons. The third-order valence-corrected chi connectivity index (χ3v) is 5.10. The highest BCUT2D eigenvalue weighted by atomic mass is 16.3. The van der Waals surface area contributed by atoms with Crippen LogP contribution in [-0.4, -0.2) is 48.2 Å². The molecule has 0 aromatic carbocycles. The summed E-state index contributed by atoms with van der Waals surface area (Å²) in [6.45, 7) is 3.14. The van der Waals surface area contributed by atoms with E-state index in [1.807, 2.05) is 0 Å². The third kappa shape index (κ3) is 5.95. The van der Waals surface area contributed by atoms with Crippen LogP contribution < -0.4 is 5.32 Å². The number of hydrogen-bond donors (Lipinski definition) is 2. The molecule has 0 aromatic heterocycles. The Bertz CT molecular complexity index is 303. The van der Waals surface area contributed by atoms with Crippen molar-refractivity contribution >= 4 is 5.91 Å². The van der Waals surface area contributed by atoms with Gasteiger partial charge in [0.1, 0.15) is 0 Å². The van der Waals surface area contributed by atoms with Gasteiger partial charge in [0.05, 0.1) is 6.61 Å². The summed E-state index contributed by atoms with van der Waals surface area (Å²) in [5.41, 5.74) is 0. The summed E-state index contributed by atoms with van der Waals surface area (Å²) in [6, 6.07) is 0.344. The zero-order chi connectivity index (χ0) is 14.9. The van der Waals surface area contributed by atoms with E-state index in [0.717, 1.165) is 38.9 Å². The van der Waals surface area contributed by atoms with Crippen LogP contribution in [0.5, 0.6) is 0 Å². The van der Waals surface area contributed by atoms with Crippen LogP contribution in [0, 0.1) is 5.92 Å². The fraction of sp³-hybridized carbons (Fsp3) is 0.941. The Morgan fingerprint density at radius 1 is 1.10 bits per heavy atom. The summed E-state index contributed by atoms with van der Waals surface area (Å²) in [6.07, 6.45) is 11.7. The van der Waals surface area contributed by atoms with Gasteiger partial charge in [-0.05, 0) is 44.6 Å². The van der Waals surface area contributed by atoms with Crippen LogP contribution in [0.25, 0.3) is 0 Å². The van der Waals surface area contributed by atoms with E-state index >= 15 is 0 Å². The van der Waals surface area contributed by atoms with Crippen molar-refractivity contribution in [3.8, 4) is 0 Å². The quantitative estimate of drug-likeness (QED) is 0.709. The Kier molecular flexibility index (Phi) is 7.51. The first-order chi connectivity index (χ1) is 10.3. The summed E-state index contributed by atoms with van der Waals surface area (Å²) in [5, 5.41) is 12.5. The molecule has 2 rings (SSSR count). The zero-order valence-corrected chi connectivity index (χ0v) is 13.4. The lowest BCUT2D eigenvalue weighted by Crippen LogP contribution is -2.43. The van der Waals surface area contributed by atoms with Gasteiger partial charge in [-0.3, -0.25) is 9.69 Å². The van der Waals surface area contributed by atoms with Crippen molar-refractivity contribution in [2.75, 3.05) is 26.2 Å². The molecule has 122 valence electrons. The highest BCUT2D eigenvalue weighted by molar-refractivity contribution is 5.76. The van der Waals surface area contributed by atoms with Crippen LogP contribution in [0.15, 0.2) is 0 Å². The minimum Gasteiger partial charge on any atom is -0.395 e. The Balaban J connectivity index is 1.55. The molecule has 1 amide bonds. The van der Waals surface area contributed by atoms with E-state index in [2.05, 4.69) is 10.2 Å². The highest BCUT2D eigenvalue weighted by Crippen LogP contribution is 2.26. The van der Waals surface area contributed by atoms with E-state index in [9.17, 15) is 9.90 Å². The van der Waals surface area contributed by atoms with Gasteiger partial charge in [0.15, 0.2) is 0 Å². The van der Waals surface area contributed by atoms with Crippen LogP contribution >= 0.6 is 0 Å². The van der Waals surface area contributed by atoms with Gasteiger partial charge in [-0.2, -0.15) is 0 Å². The number of nitrogens with one attached hydrogen (secondary N) is 1. The first-order valence-electron chi connectivity index (χ1n) is 8.91. The molecule has 1 unspecified atom stereocenters. The summed E-state index contributed by atoms with van der Waals surface area (Å²) in [5.74, 6) is 0.860. The van der Waals surface area contributed by atoms with Crippen LogP contribution in [0.1, 0.15) is 64.2 Å². The first-order valence-corrected chi connectivity index (χ1v) is 8.91. The van der Waals surface area contributed by atoms with Crippen molar-refractivity contribution in [3.63, 3.8) is 0 Å². The number of carbonyl (C=O) groups excluding carboxylic acids is 1. The Morgan fingerprint density at radius 3 is 2.62 bits per heavy atom. The number of hydrogen-bond acceptors (Lipinski definition) is 3. The van der Waals surface area contributed by atoms with Crippen LogP contribution in [0.4, 0.5) is 0 Å². The second-order valence-electron chi connectivity index (χ2n) is 6.78. The first kappa shape index (κ1) is 16.8. The van der Waals surface area contributed by atoms with E-state index in [1.165, 1.54) is 44.9 Å². The van der Waals surface area contributed by atoms with E-state index < -0.39 is 0 Å². The van der Waals surface area contributed by atoms with Gasteiger partial charge in [0.25, 0.3) is 0 Å². The average molecular weight is 296 g/mol. The molecule has 1 saturated heterocycles. The number of piperidine rings is 1. The Morgan fingerprint density at radius 2 is 1.86 bits per heavy atom. The molecule has 4 heteroatoms. The molecule has 2 fully saturated rings. The van der Waals surface area contributed by atoms with E-state index in [0.29, 0.717) is 12.0 Å². The van der Waals surface area contributed by atoms with Gasteiger partial charge in [-0.25, -0.2) is 0 Å². The SMILES string of the molecule is O=C(CC1CCCCC1)NCCCN1CCCCC1CO. The monoisotopic (exact) mass is 296 g/mol. The van der Waals surface area contributed by atoms with Gasteiger partial charge >= 0.3 is 0 Å². The summed E-state index contributed by atoms with van der Waals surface area (Å²) in [4.78, 5) is 14.3. The molecule has 2 N–H and O–H groups in total. The maximum atomic E-state index is 11.9. The largest absolute Gasteiger partial charge is 0.395 e. The predicted octanol–water partition coefficient (Wildman–Crippen LogP) is 2.31. The lowest BCUT2D eigenvalue weighted by molar-refractivity contribution is -0.122. The molecule has 0 aromatic rings. The van der Waals surface area contributed by atoms with E-state index in [4.69, 9.17) is 0 Å². The Labute approximate surface area is 129 Å². The van der Waals surface area contributed by atoms with Gasteiger partial charge in [-0.1, -0.05) is 25.7 Å². The fourth-order valence-corrected chi connectivity index (χ4v) is 3.80. The molecule has 21 heavy (non-hydrogen) atoms. The van der Waals surface area contributed by atoms with Gasteiger partial charge < -0.3 is 10.4 Å². The molecule has 1 heterocycles. The molecule has 1 aliphatic carbocycles. The molecule has 1 aliphatic heterocycles. The average Bonchev–Trinajstić information content (AvgIpc) is 2.53. The lowest BCUT2D eigenvalue weighted by Gasteiger charge is -2.34. The number of rotatable bonds is 7. The minimum atomic E-state index is 0.235. The number of amides is 1. The van der Waals surface area contributed by atoms with Crippen LogP contribution in [-0.2, 0) is 4.79 Å². The number of aliphatic hydroxyl groups is 1. The standard InChI is InChI=1S/C17H32N2O2/c20-14-16-9-4-5-11-19(16)12-6-10-18-17(21)13-15-7-2-1-3-8-15/h15-16,20H,1-14H2,(H,18,21). The molecule has 1 atom stereocenters. The highest BCUT2D eigenvalue weighted by Gasteiger charge is 2.21. The van der Waals surface area contributed by atoms with Crippen molar-refractivity contribution in [1.82, 2.24) is 10.2 Å². The van der Waals surface area contributed by atoms with Crippen LogP contribution in [0.2, 0.25) is 0 Å². The molecular formula is C17H32N2O2. The lowest BCUT2D eigenvalue weighted by atomic mass is 9.87. The fourth-order valence-electron chi connectivity index (χ4n) is 3.80. The number of nitrogens with zero attached hydrogens (tertiary/aromatic N) is 1. The smallest absolute Gasteiger partial charge is 0.220 e. The minimum absolute atomic E-state index is 0.235. The predicted molar refractivity (Wildman–Crippen MR) is 85.1 cm³/mol. The summed E-state index contributed by atoms with van der Waals surface area (Å²) in [7, 11) is 0. The summed E-state index contributed by atoms with van der Waals surface area (Å²) >= 11 is 0. The van der Waals surface area contributed by atoms with Crippen molar-refractivity contribution < 1.29 is 9.90 Å². The second-order valence-corrected chi connectivity index (χ2v) is 6.78. The summed E-state index contributed by atoms with van der Waals surface area (Å²) < 4.78 is 0. The van der Waals surface area contributed by atoms with Gasteiger partial charge in [0, 0.05) is 25.6 Å². The molecular weight excluding hydrogens is 264 g/mol. The zero-order valence-electron chi connectivity index (χ0n) is 13.4. The topological polar surface area (TPSA) is 52.6 Å². The molecule has 2 aliphatic rings. The number of aliphatic hydroxyl groups excluding tert-OH is 1. The van der Waals surface area contributed by atoms with Crippen molar-refractivity contribution in [2.45, 2.75) is 70.3 Å². The normalized spacial score (nSPS) is 24.9. The van der Waals surface area contributed by atoms with Crippen LogP contribution in [0.3, 0.4) is 0 Å². The number of carbonyl (C=O) groups is 1.